The van der Waals surface area contributed by atoms with E-state index in [0.717, 1.165) is 53.1 Å². The van der Waals surface area contributed by atoms with Crippen molar-refractivity contribution in [2.45, 2.75) is 68.3 Å². The summed E-state index contributed by atoms with van der Waals surface area (Å²) in [7, 11) is 3.23. The Bertz CT molecular complexity index is 1290. The van der Waals surface area contributed by atoms with E-state index >= 15 is 0 Å². The number of benzene rings is 2. The van der Waals surface area contributed by atoms with Gasteiger partial charge < -0.3 is 19.5 Å². The van der Waals surface area contributed by atoms with Crippen LogP contribution in [0.5, 0.6) is 11.5 Å². The van der Waals surface area contributed by atoms with Crippen molar-refractivity contribution in [1.82, 2.24) is 5.32 Å². The summed E-state index contributed by atoms with van der Waals surface area (Å²) in [5, 5.41) is 3.46. The first-order valence-electron chi connectivity index (χ1n) is 13.2. The van der Waals surface area contributed by atoms with Gasteiger partial charge in [-0.3, -0.25) is 4.79 Å². The Hall–Kier alpha value is -3.19. The second-order valence-electron chi connectivity index (χ2n) is 10.2. The maximum atomic E-state index is 13.9. The van der Waals surface area contributed by atoms with E-state index in [-0.39, 0.29) is 23.8 Å². The molecule has 1 heterocycles. The van der Waals surface area contributed by atoms with Crippen LogP contribution in [0.15, 0.2) is 69.9 Å². The Kier molecular flexibility index (Phi) is 7.84. The number of methoxy groups -OCH3 is 2. The number of hydrogen-bond acceptors (Lipinski definition) is 7. The molecule has 0 aromatic heterocycles. The van der Waals surface area contributed by atoms with Crippen LogP contribution in [0.1, 0.15) is 68.4 Å². The molecule has 3 aliphatic rings. The van der Waals surface area contributed by atoms with Gasteiger partial charge in [0.15, 0.2) is 17.3 Å². The van der Waals surface area contributed by atoms with Crippen LogP contribution in [0.2, 0.25) is 0 Å². The minimum atomic E-state index is -0.449. The van der Waals surface area contributed by atoms with E-state index in [1.165, 1.54) is 0 Å². The van der Waals surface area contributed by atoms with E-state index in [4.69, 9.17) is 14.2 Å². The van der Waals surface area contributed by atoms with E-state index in [1.54, 1.807) is 26.0 Å². The van der Waals surface area contributed by atoms with E-state index in [9.17, 15) is 9.59 Å². The number of rotatable bonds is 7. The van der Waals surface area contributed by atoms with Gasteiger partial charge in [0, 0.05) is 34.2 Å². The van der Waals surface area contributed by atoms with Gasteiger partial charge >= 0.3 is 5.97 Å². The first-order valence-corrected chi connectivity index (χ1v) is 14.5. The van der Waals surface area contributed by atoms with Crippen molar-refractivity contribution in [1.29, 1.82) is 0 Å². The molecule has 0 radical (unpaired) electrons. The number of hydrogen-bond donors (Lipinski definition) is 1. The summed E-state index contributed by atoms with van der Waals surface area (Å²) in [5.74, 6) is 0.585. The molecule has 0 unspecified atom stereocenters. The number of ketones is 1. The Morgan fingerprint density at radius 1 is 0.947 bits per heavy atom. The van der Waals surface area contributed by atoms with Gasteiger partial charge in [0.1, 0.15) is 6.10 Å². The Balaban J connectivity index is 1.52. The second kappa shape index (κ2) is 11.3. The SMILES string of the molecule is COc1ccc([C@H]2CC(=O)C3=C(C2)NC(C)=C(C(=O)OC2CCCC2)[C@@H]3c2ccc(SC)cc2)cc1OC. The van der Waals surface area contributed by atoms with Crippen LogP contribution in [-0.4, -0.2) is 38.3 Å². The molecule has 2 aromatic rings. The molecule has 200 valence electrons. The van der Waals surface area contributed by atoms with E-state index in [1.807, 2.05) is 43.5 Å². The van der Waals surface area contributed by atoms with Crippen molar-refractivity contribution in [3.8, 4) is 11.5 Å². The summed E-state index contributed by atoms with van der Waals surface area (Å²) in [6.45, 7) is 1.92. The van der Waals surface area contributed by atoms with Crippen LogP contribution in [0.25, 0.3) is 0 Å². The molecule has 6 nitrogen and oxygen atoms in total. The average molecular weight is 534 g/mol. The maximum Gasteiger partial charge on any atom is 0.337 e. The second-order valence-corrected chi connectivity index (χ2v) is 11.1. The Morgan fingerprint density at radius 3 is 2.29 bits per heavy atom. The summed E-state index contributed by atoms with van der Waals surface area (Å²) < 4.78 is 16.9. The van der Waals surface area contributed by atoms with Crippen LogP contribution in [0, 0.1) is 0 Å². The fraction of sp³-hybridized carbons (Fsp3) is 0.419. The molecule has 1 fully saturated rings. The van der Waals surface area contributed by atoms with E-state index < -0.39 is 5.92 Å². The summed E-state index contributed by atoms with van der Waals surface area (Å²) >= 11 is 1.67. The van der Waals surface area contributed by atoms with Gasteiger partial charge in [0.25, 0.3) is 0 Å². The van der Waals surface area contributed by atoms with E-state index in [0.29, 0.717) is 35.5 Å². The number of nitrogens with one attached hydrogen (secondary N) is 1. The maximum absolute atomic E-state index is 13.9. The molecule has 38 heavy (non-hydrogen) atoms. The standard InChI is InChI=1S/C31H35NO5S/c1-18-28(31(34)37-22-7-5-6-8-22)29(19-9-12-23(38-4)13-10-19)30-24(32-18)15-21(16-25(30)33)20-11-14-26(35-2)27(17-20)36-3/h9-14,17,21-22,29,32H,5-8,15-16H2,1-4H3/t21-,29+/m1/s1. The van der Waals surface area contributed by atoms with Gasteiger partial charge in [0.2, 0.25) is 0 Å². The summed E-state index contributed by atoms with van der Waals surface area (Å²) in [4.78, 5) is 28.6. The summed E-state index contributed by atoms with van der Waals surface area (Å²) in [6.07, 6.45) is 6.98. The Labute approximate surface area is 228 Å². The molecule has 1 saturated carbocycles. The predicted octanol–water partition coefficient (Wildman–Crippen LogP) is 6.27. The van der Waals surface area contributed by atoms with Gasteiger partial charge in [-0.1, -0.05) is 18.2 Å². The third-order valence-electron chi connectivity index (χ3n) is 7.95. The highest BCUT2D eigenvalue weighted by molar-refractivity contribution is 7.98. The minimum Gasteiger partial charge on any atom is -0.493 e. The molecular weight excluding hydrogens is 498 g/mol. The first-order chi connectivity index (χ1) is 18.4. The highest BCUT2D eigenvalue weighted by Gasteiger charge is 2.42. The lowest BCUT2D eigenvalue weighted by Crippen LogP contribution is -2.36. The third-order valence-corrected chi connectivity index (χ3v) is 8.70. The van der Waals surface area contributed by atoms with Crippen molar-refractivity contribution in [3.63, 3.8) is 0 Å². The first kappa shape index (κ1) is 26.4. The van der Waals surface area contributed by atoms with Crippen molar-refractivity contribution in [3.05, 3.63) is 76.1 Å². The number of dihydropyridines is 1. The lowest BCUT2D eigenvalue weighted by atomic mass is 9.71. The minimum absolute atomic E-state index is 0.00661. The zero-order valence-corrected chi connectivity index (χ0v) is 23.3. The molecular formula is C31H35NO5S. The Morgan fingerprint density at radius 2 is 1.63 bits per heavy atom. The fourth-order valence-electron chi connectivity index (χ4n) is 6.00. The highest BCUT2D eigenvalue weighted by atomic mass is 32.2. The number of thioether (sulfide) groups is 1. The molecule has 0 amide bonds. The zero-order valence-electron chi connectivity index (χ0n) is 22.5. The van der Waals surface area contributed by atoms with Gasteiger partial charge in [-0.05, 0) is 86.6 Å². The van der Waals surface area contributed by atoms with Crippen molar-refractivity contribution < 1.29 is 23.8 Å². The molecule has 2 atom stereocenters. The summed E-state index contributed by atoms with van der Waals surface area (Å²) in [5.41, 5.74) is 4.83. The molecule has 0 saturated heterocycles. The van der Waals surface area contributed by atoms with Crippen LogP contribution < -0.4 is 14.8 Å². The van der Waals surface area contributed by atoms with Gasteiger partial charge in [-0.2, -0.15) is 0 Å². The zero-order chi connectivity index (χ0) is 26.8. The third kappa shape index (κ3) is 5.08. The lowest BCUT2D eigenvalue weighted by Gasteiger charge is -2.37. The lowest BCUT2D eigenvalue weighted by molar-refractivity contribution is -0.144. The molecule has 7 heteroatoms. The van der Waals surface area contributed by atoms with Crippen LogP contribution in [0.3, 0.4) is 0 Å². The monoisotopic (exact) mass is 533 g/mol. The normalized spacial score (nSPS) is 21.7. The number of allylic oxidation sites excluding steroid dienone is 3. The molecule has 5 rings (SSSR count). The molecule has 0 spiro atoms. The quantitative estimate of drug-likeness (QED) is 0.332. The predicted molar refractivity (Wildman–Crippen MR) is 149 cm³/mol. The van der Waals surface area contributed by atoms with Crippen LogP contribution in [-0.2, 0) is 14.3 Å². The van der Waals surface area contributed by atoms with Crippen molar-refractivity contribution in [2.75, 3.05) is 20.5 Å². The smallest absolute Gasteiger partial charge is 0.337 e. The fourth-order valence-corrected chi connectivity index (χ4v) is 6.41. The summed E-state index contributed by atoms with van der Waals surface area (Å²) in [6, 6.07) is 14.0. The van der Waals surface area contributed by atoms with E-state index in [2.05, 4.69) is 17.4 Å². The van der Waals surface area contributed by atoms with Crippen LogP contribution >= 0.6 is 11.8 Å². The van der Waals surface area contributed by atoms with Crippen molar-refractivity contribution in [2.24, 2.45) is 0 Å². The number of esters is 1. The number of carbonyl (C=O) groups is 2. The van der Waals surface area contributed by atoms with Gasteiger partial charge in [-0.25, -0.2) is 4.79 Å². The molecule has 2 aliphatic carbocycles. The molecule has 1 N–H and O–H groups in total. The van der Waals surface area contributed by atoms with Crippen molar-refractivity contribution >= 4 is 23.5 Å². The number of Topliss-reactive ketones (excluding diaryl/α,β-unsaturated/α-hetero) is 1. The topological polar surface area (TPSA) is 73.9 Å². The molecule has 1 aliphatic heterocycles. The van der Waals surface area contributed by atoms with Gasteiger partial charge in [0.05, 0.1) is 19.8 Å². The molecule has 2 aromatic carbocycles. The molecule has 0 bridgehead atoms. The van der Waals surface area contributed by atoms with Gasteiger partial charge in [-0.15, -0.1) is 11.8 Å². The number of ether oxygens (including phenoxy) is 3. The average Bonchev–Trinajstić information content (AvgIpc) is 3.44. The largest absolute Gasteiger partial charge is 0.493 e. The highest BCUT2D eigenvalue weighted by Crippen LogP contribution is 2.47. The van der Waals surface area contributed by atoms with Crippen LogP contribution in [0.4, 0.5) is 0 Å². The number of carbonyl (C=O) groups excluding carboxylic acids is 2.